The predicted molar refractivity (Wildman–Crippen MR) is 87.3 cm³/mol. The highest BCUT2D eigenvalue weighted by atomic mass is 16.7. The molecule has 1 aliphatic heterocycles. The third-order valence-corrected chi connectivity index (χ3v) is 3.89. The van der Waals surface area contributed by atoms with Crippen LogP contribution in [0.15, 0.2) is 42.5 Å². The van der Waals surface area contributed by atoms with Crippen molar-refractivity contribution in [3.05, 3.63) is 53.6 Å². The fraction of sp³-hybridized carbons (Fsp3) is 0.316. The summed E-state index contributed by atoms with van der Waals surface area (Å²) >= 11 is 0. The van der Waals surface area contributed by atoms with E-state index in [0.29, 0.717) is 13.0 Å². The lowest BCUT2D eigenvalue weighted by atomic mass is 9.88. The van der Waals surface area contributed by atoms with Crippen molar-refractivity contribution in [3.63, 3.8) is 0 Å². The van der Waals surface area contributed by atoms with Crippen LogP contribution in [0.4, 0.5) is 0 Å². The summed E-state index contributed by atoms with van der Waals surface area (Å²) in [4.78, 5) is 11.2. The van der Waals surface area contributed by atoms with Crippen molar-refractivity contribution in [1.29, 1.82) is 0 Å². The first-order valence-corrected chi connectivity index (χ1v) is 7.88. The lowest BCUT2D eigenvalue weighted by Crippen LogP contribution is -2.06. The van der Waals surface area contributed by atoms with E-state index >= 15 is 0 Å². The molecule has 0 bridgehead atoms. The molecule has 1 aliphatic rings. The molecule has 3 rings (SSSR count). The highest BCUT2D eigenvalue weighted by Crippen LogP contribution is 2.39. The third-order valence-electron chi connectivity index (χ3n) is 3.89. The van der Waals surface area contributed by atoms with Crippen molar-refractivity contribution in [3.8, 4) is 17.2 Å². The summed E-state index contributed by atoms with van der Waals surface area (Å²) in [6, 6.07) is 13.7. The van der Waals surface area contributed by atoms with Crippen molar-refractivity contribution in [1.82, 2.24) is 0 Å². The second-order valence-electron chi connectivity index (χ2n) is 5.45. The molecule has 120 valence electrons. The first kappa shape index (κ1) is 15.4. The molecule has 23 heavy (non-hydrogen) atoms. The maximum atomic E-state index is 11.2. The van der Waals surface area contributed by atoms with Crippen LogP contribution < -0.4 is 14.2 Å². The Balaban J connectivity index is 1.97. The molecular formula is C19H20O4. The monoisotopic (exact) mass is 312 g/mol. The molecule has 0 N–H and O–H groups in total. The van der Waals surface area contributed by atoms with Gasteiger partial charge >= 0.3 is 0 Å². The van der Waals surface area contributed by atoms with Gasteiger partial charge in [-0.15, -0.1) is 0 Å². The summed E-state index contributed by atoms with van der Waals surface area (Å²) in [6.45, 7) is 2.97. The molecular weight excluding hydrogens is 292 g/mol. The van der Waals surface area contributed by atoms with E-state index in [1.54, 1.807) is 0 Å². The molecule has 2 aromatic rings. The van der Waals surface area contributed by atoms with Gasteiger partial charge in [0.05, 0.1) is 6.61 Å². The molecule has 1 heterocycles. The zero-order valence-electron chi connectivity index (χ0n) is 13.2. The van der Waals surface area contributed by atoms with Gasteiger partial charge in [0.25, 0.3) is 0 Å². The van der Waals surface area contributed by atoms with Gasteiger partial charge in [-0.25, -0.2) is 0 Å². The molecule has 0 fully saturated rings. The van der Waals surface area contributed by atoms with E-state index in [0.717, 1.165) is 41.1 Å². The number of benzene rings is 2. The van der Waals surface area contributed by atoms with Gasteiger partial charge in [-0.1, -0.05) is 31.2 Å². The molecule has 0 aromatic heterocycles. The Morgan fingerprint density at radius 3 is 2.83 bits per heavy atom. The van der Waals surface area contributed by atoms with Crippen LogP contribution in [0.25, 0.3) is 0 Å². The second kappa shape index (κ2) is 7.18. The smallest absolute Gasteiger partial charge is 0.231 e. The molecule has 4 heteroatoms. The predicted octanol–water partition coefficient (Wildman–Crippen LogP) is 3.93. The van der Waals surface area contributed by atoms with Gasteiger partial charge < -0.3 is 19.0 Å². The summed E-state index contributed by atoms with van der Waals surface area (Å²) in [5, 5.41) is 0. The Labute approximate surface area is 136 Å². The summed E-state index contributed by atoms with van der Waals surface area (Å²) in [5.74, 6) is 2.24. The summed E-state index contributed by atoms with van der Waals surface area (Å²) in [6.07, 6.45) is 2.29. The average Bonchev–Trinajstić information content (AvgIpc) is 3.06. The van der Waals surface area contributed by atoms with Crippen molar-refractivity contribution in [2.75, 3.05) is 13.4 Å². The van der Waals surface area contributed by atoms with E-state index in [9.17, 15) is 4.79 Å². The minimum Gasteiger partial charge on any atom is -0.493 e. The summed E-state index contributed by atoms with van der Waals surface area (Å²) < 4.78 is 16.7. The molecule has 1 unspecified atom stereocenters. The number of fused-ring (bicyclic) bond motifs is 1. The zero-order chi connectivity index (χ0) is 16.1. The normalized spacial score (nSPS) is 13.6. The Morgan fingerprint density at radius 2 is 2.00 bits per heavy atom. The van der Waals surface area contributed by atoms with E-state index in [2.05, 4.69) is 6.92 Å². The van der Waals surface area contributed by atoms with Crippen molar-refractivity contribution < 1.29 is 19.0 Å². The number of rotatable bonds is 7. The van der Waals surface area contributed by atoms with Crippen LogP contribution in [0.3, 0.4) is 0 Å². The van der Waals surface area contributed by atoms with Crippen molar-refractivity contribution >= 4 is 6.29 Å². The van der Waals surface area contributed by atoms with Gasteiger partial charge in [0.15, 0.2) is 11.5 Å². The SMILES string of the molecule is CCCOc1ccccc1C(CC=O)c1ccc2c(c1)OCO2. The molecule has 0 aliphatic carbocycles. The van der Waals surface area contributed by atoms with E-state index < -0.39 is 0 Å². The third kappa shape index (κ3) is 3.31. The molecule has 0 saturated heterocycles. The van der Waals surface area contributed by atoms with Crippen LogP contribution >= 0.6 is 0 Å². The number of aldehydes is 1. The van der Waals surface area contributed by atoms with Crippen LogP contribution in [0.2, 0.25) is 0 Å². The first-order valence-electron chi connectivity index (χ1n) is 7.88. The average molecular weight is 312 g/mol. The topological polar surface area (TPSA) is 44.8 Å². The molecule has 0 saturated carbocycles. The second-order valence-corrected chi connectivity index (χ2v) is 5.45. The van der Waals surface area contributed by atoms with Crippen LogP contribution in [0.5, 0.6) is 17.2 Å². The number of hydrogen-bond donors (Lipinski definition) is 0. The molecule has 0 radical (unpaired) electrons. The lowest BCUT2D eigenvalue weighted by Gasteiger charge is -2.19. The van der Waals surface area contributed by atoms with Crippen LogP contribution in [-0.4, -0.2) is 19.7 Å². The fourth-order valence-electron chi connectivity index (χ4n) is 2.78. The Bertz CT molecular complexity index is 681. The maximum Gasteiger partial charge on any atom is 0.231 e. The number of carbonyl (C=O) groups is 1. The van der Waals surface area contributed by atoms with Crippen molar-refractivity contribution in [2.45, 2.75) is 25.7 Å². The molecule has 1 atom stereocenters. The van der Waals surface area contributed by atoms with Gasteiger partial charge in [0.1, 0.15) is 12.0 Å². The van der Waals surface area contributed by atoms with Gasteiger partial charge in [-0.2, -0.15) is 0 Å². The zero-order valence-corrected chi connectivity index (χ0v) is 13.2. The Morgan fingerprint density at radius 1 is 1.17 bits per heavy atom. The van der Waals surface area contributed by atoms with Crippen LogP contribution in [0, 0.1) is 0 Å². The van der Waals surface area contributed by atoms with Gasteiger partial charge in [0, 0.05) is 17.9 Å². The number of hydrogen-bond acceptors (Lipinski definition) is 4. The Kier molecular flexibility index (Phi) is 4.81. The van der Waals surface area contributed by atoms with Gasteiger partial charge in [-0.05, 0) is 30.2 Å². The number of ether oxygens (including phenoxy) is 3. The standard InChI is InChI=1S/C19H20O4/c1-2-11-21-17-6-4-3-5-16(17)15(9-10-20)14-7-8-18-19(12-14)23-13-22-18/h3-8,10,12,15H,2,9,11,13H2,1H3. The van der Waals surface area contributed by atoms with E-state index in [1.165, 1.54) is 0 Å². The summed E-state index contributed by atoms with van der Waals surface area (Å²) in [7, 11) is 0. The Hall–Kier alpha value is -2.49. The van der Waals surface area contributed by atoms with Crippen LogP contribution in [0.1, 0.15) is 36.8 Å². The lowest BCUT2D eigenvalue weighted by molar-refractivity contribution is -0.108. The quantitative estimate of drug-likeness (QED) is 0.727. The van der Waals surface area contributed by atoms with E-state index in [1.807, 2.05) is 42.5 Å². The minimum atomic E-state index is -0.0601. The molecule has 0 amide bonds. The first-order chi connectivity index (χ1) is 11.3. The van der Waals surface area contributed by atoms with E-state index in [-0.39, 0.29) is 12.7 Å². The van der Waals surface area contributed by atoms with Crippen molar-refractivity contribution in [2.24, 2.45) is 0 Å². The number of para-hydroxylation sites is 1. The number of carbonyl (C=O) groups excluding carboxylic acids is 1. The maximum absolute atomic E-state index is 11.2. The molecule has 4 nitrogen and oxygen atoms in total. The summed E-state index contributed by atoms with van der Waals surface area (Å²) in [5.41, 5.74) is 2.04. The molecule has 0 spiro atoms. The fourth-order valence-corrected chi connectivity index (χ4v) is 2.78. The van der Waals surface area contributed by atoms with Gasteiger partial charge in [-0.3, -0.25) is 0 Å². The van der Waals surface area contributed by atoms with E-state index in [4.69, 9.17) is 14.2 Å². The minimum absolute atomic E-state index is 0.0601. The highest BCUT2D eigenvalue weighted by Gasteiger charge is 2.21. The van der Waals surface area contributed by atoms with Crippen LogP contribution in [-0.2, 0) is 4.79 Å². The largest absolute Gasteiger partial charge is 0.493 e. The molecule has 2 aromatic carbocycles. The highest BCUT2D eigenvalue weighted by molar-refractivity contribution is 5.57. The van der Waals surface area contributed by atoms with Gasteiger partial charge in [0.2, 0.25) is 6.79 Å².